The molecule has 0 amide bonds. The minimum Gasteiger partial charge on any atom is -0.433 e. The summed E-state index contributed by atoms with van der Waals surface area (Å²) >= 11 is 0. The van der Waals surface area contributed by atoms with Crippen molar-refractivity contribution >= 4 is 25.3 Å². The van der Waals surface area contributed by atoms with Crippen LogP contribution in [0.2, 0.25) is 0 Å². The molecule has 2 aromatic carbocycles. The summed E-state index contributed by atoms with van der Waals surface area (Å²) in [4.78, 5) is 51.5. The highest BCUT2D eigenvalue weighted by Gasteiger charge is 2.46. The average Bonchev–Trinajstić information content (AvgIpc) is 3.49. The maximum absolute atomic E-state index is 13.4. The number of esters is 1. The zero-order valence-electron chi connectivity index (χ0n) is 26.4. The van der Waals surface area contributed by atoms with Gasteiger partial charge in [-0.05, 0) is 54.6 Å². The van der Waals surface area contributed by atoms with Crippen LogP contribution in [0.25, 0.3) is 11.1 Å². The molecule has 2 N–H and O–H groups in total. The van der Waals surface area contributed by atoms with Gasteiger partial charge in [0.15, 0.2) is 0 Å². The number of benzene rings is 2. The van der Waals surface area contributed by atoms with E-state index < -0.39 is 60.8 Å². The minimum absolute atomic E-state index is 0.00371. The van der Waals surface area contributed by atoms with E-state index in [9.17, 15) is 29.4 Å². The molecule has 46 heavy (non-hydrogen) atoms. The minimum atomic E-state index is -1.41. The molecule has 0 saturated carbocycles. The SMILES string of the molecule is C=P(C)(C)CC[C@H]1OC(n2c[n+](C)c(=O)n(CCC(C)C(=O)OC(=O)OCC3c4ccccc4-c4ccccc43)c2=O)[C@H](O)[C@@H]1O. The van der Waals surface area contributed by atoms with Crippen LogP contribution in [0.5, 0.6) is 0 Å². The van der Waals surface area contributed by atoms with Crippen molar-refractivity contribution in [3.8, 4) is 11.1 Å². The zero-order chi connectivity index (χ0) is 33.3. The molecule has 2 heterocycles. The maximum Gasteiger partial charge on any atom is 0.516 e. The van der Waals surface area contributed by atoms with Crippen LogP contribution in [0.3, 0.4) is 0 Å². The predicted molar refractivity (Wildman–Crippen MR) is 172 cm³/mol. The van der Waals surface area contributed by atoms with Gasteiger partial charge in [0.2, 0.25) is 12.6 Å². The summed E-state index contributed by atoms with van der Waals surface area (Å²) < 4.78 is 19.4. The van der Waals surface area contributed by atoms with E-state index in [1.165, 1.54) is 20.3 Å². The largest absolute Gasteiger partial charge is 0.516 e. The molecule has 2 aliphatic rings. The molecule has 0 bridgehead atoms. The number of ether oxygens (including phenoxy) is 3. The number of aryl methyl sites for hydroxylation is 1. The first-order chi connectivity index (χ1) is 21.8. The Kier molecular flexibility index (Phi) is 9.83. The maximum atomic E-state index is 13.4. The van der Waals surface area contributed by atoms with E-state index in [1.807, 2.05) is 48.5 Å². The Morgan fingerprint density at radius 3 is 2.26 bits per heavy atom. The third-order valence-corrected chi connectivity index (χ3v) is 10.1. The predicted octanol–water partition coefficient (Wildman–Crippen LogP) is 2.07. The monoisotopic (exact) mass is 654 g/mol. The summed E-state index contributed by atoms with van der Waals surface area (Å²) in [5.74, 6) is -1.92. The van der Waals surface area contributed by atoms with E-state index in [4.69, 9.17) is 14.2 Å². The lowest BCUT2D eigenvalue weighted by Gasteiger charge is -2.18. The number of fused-ring (bicyclic) bond motifs is 3. The highest BCUT2D eigenvalue weighted by molar-refractivity contribution is 7.72. The second-order valence-corrected chi connectivity index (χ2v) is 17.1. The molecule has 0 radical (unpaired) electrons. The van der Waals surface area contributed by atoms with Crippen molar-refractivity contribution in [3.63, 3.8) is 0 Å². The van der Waals surface area contributed by atoms with Crippen LogP contribution >= 0.6 is 6.89 Å². The molecule has 13 heteroatoms. The Labute approximate surface area is 266 Å². The van der Waals surface area contributed by atoms with Crippen LogP contribution in [-0.2, 0) is 32.6 Å². The van der Waals surface area contributed by atoms with E-state index in [0.29, 0.717) is 6.42 Å². The molecular formula is C33H41N3O9P+. The number of hydrogen-bond donors (Lipinski definition) is 2. The third-order valence-electron chi connectivity index (χ3n) is 8.61. The number of aliphatic hydroxyl groups is 2. The fraction of sp³-hybridized carbons (Fsp3) is 0.455. The smallest absolute Gasteiger partial charge is 0.433 e. The summed E-state index contributed by atoms with van der Waals surface area (Å²) in [6, 6.07) is 15.7. The van der Waals surface area contributed by atoms with Crippen LogP contribution in [0.15, 0.2) is 64.4 Å². The van der Waals surface area contributed by atoms with Gasteiger partial charge < -0.3 is 24.4 Å². The molecule has 0 spiro atoms. The fourth-order valence-corrected chi connectivity index (χ4v) is 6.93. The number of aliphatic hydroxyl groups excluding tert-OH is 2. The standard InChI is InChI=1S/C33H41N3O9P/c1-20(30(39)45-33(42)43-18-25-23-12-8-6-10-21(23)22-11-7-9-13-24(22)25)14-16-35-31(40)34(2)19-36(32(35)41)29-28(38)27(37)26(44-29)15-17-46(3,4)5/h6-13,19-20,25-29,37-38H,3,14-18H2,1-2,4-5H3/q+1/t20?,26-,27-,28-,29?/m1/s1. The lowest BCUT2D eigenvalue weighted by atomic mass is 9.98. The molecule has 2 unspecified atom stereocenters. The zero-order valence-corrected chi connectivity index (χ0v) is 27.3. The van der Waals surface area contributed by atoms with E-state index in [1.54, 1.807) is 0 Å². The summed E-state index contributed by atoms with van der Waals surface area (Å²) in [7, 11) is 1.44. The van der Waals surface area contributed by atoms with Crippen LogP contribution < -0.4 is 15.9 Å². The number of aromatic nitrogens is 3. The fourth-order valence-electron chi connectivity index (χ4n) is 5.98. The van der Waals surface area contributed by atoms with Crippen molar-refractivity contribution in [1.82, 2.24) is 9.13 Å². The van der Waals surface area contributed by atoms with Gasteiger partial charge in [0.05, 0.1) is 25.6 Å². The Balaban J connectivity index is 1.20. The summed E-state index contributed by atoms with van der Waals surface area (Å²) in [5, 5.41) is 21.3. The van der Waals surface area contributed by atoms with Gasteiger partial charge in [-0.1, -0.05) is 55.5 Å². The van der Waals surface area contributed by atoms with Crippen molar-refractivity contribution in [2.24, 2.45) is 13.0 Å². The van der Waals surface area contributed by atoms with Crippen molar-refractivity contribution in [1.29, 1.82) is 0 Å². The number of hydrogen-bond acceptors (Lipinski definition) is 9. The van der Waals surface area contributed by atoms with Gasteiger partial charge in [0.1, 0.15) is 18.8 Å². The van der Waals surface area contributed by atoms with Gasteiger partial charge in [-0.25, -0.2) is 19.0 Å². The van der Waals surface area contributed by atoms with E-state index in [0.717, 1.165) is 42.1 Å². The second-order valence-electron chi connectivity index (χ2n) is 12.7. The summed E-state index contributed by atoms with van der Waals surface area (Å²) in [6.45, 7) is 4.02. The van der Waals surface area contributed by atoms with Crippen LogP contribution in [0.1, 0.15) is 43.0 Å². The Morgan fingerprint density at radius 1 is 1.04 bits per heavy atom. The van der Waals surface area contributed by atoms with Crippen molar-refractivity contribution in [2.45, 2.75) is 56.8 Å². The number of carbonyl (C=O) groups excluding carboxylic acids is 2. The Morgan fingerprint density at radius 2 is 1.65 bits per heavy atom. The third kappa shape index (κ3) is 6.95. The van der Waals surface area contributed by atoms with E-state index in [-0.39, 0.29) is 25.5 Å². The molecule has 1 saturated heterocycles. The Hall–Kier alpha value is -3.83. The van der Waals surface area contributed by atoms with Gasteiger partial charge in [0.25, 0.3) is 0 Å². The van der Waals surface area contributed by atoms with Crippen molar-refractivity contribution in [3.05, 3.63) is 87.0 Å². The topological polar surface area (TPSA) is 150 Å². The molecule has 12 nitrogen and oxygen atoms in total. The molecule has 5 atom stereocenters. The number of rotatable bonds is 10. The first-order valence-electron chi connectivity index (χ1n) is 15.2. The van der Waals surface area contributed by atoms with E-state index in [2.05, 4.69) is 19.6 Å². The lowest BCUT2D eigenvalue weighted by molar-refractivity contribution is -0.696. The van der Waals surface area contributed by atoms with Crippen LogP contribution in [-0.4, -0.2) is 82.2 Å². The van der Waals surface area contributed by atoms with Gasteiger partial charge in [-0.15, -0.1) is 13.2 Å². The summed E-state index contributed by atoms with van der Waals surface area (Å²) in [6.07, 6.45) is 0.893. The number of carbonyl (C=O) groups is 2. The molecule has 1 aliphatic heterocycles. The Bertz CT molecular complexity index is 1750. The normalized spacial score (nSPS) is 21.4. The molecule has 1 fully saturated rings. The summed E-state index contributed by atoms with van der Waals surface area (Å²) in [5.41, 5.74) is 2.75. The average molecular weight is 655 g/mol. The molecule has 3 aromatic rings. The molecule has 246 valence electrons. The first-order valence-corrected chi connectivity index (χ1v) is 18.3. The van der Waals surface area contributed by atoms with Crippen molar-refractivity contribution < 1.29 is 38.6 Å². The van der Waals surface area contributed by atoms with Gasteiger partial charge in [-0.3, -0.25) is 4.79 Å². The van der Waals surface area contributed by atoms with E-state index >= 15 is 0 Å². The highest BCUT2D eigenvalue weighted by atomic mass is 31.2. The van der Waals surface area contributed by atoms with Gasteiger partial charge in [-0.2, -0.15) is 9.13 Å². The quantitative estimate of drug-likeness (QED) is 0.145. The highest BCUT2D eigenvalue weighted by Crippen LogP contribution is 2.44. The first kappa shape index (κ1) is 33.5. The molecule has 5 rings (SSSR count). The number of nitrogens with zero attached hydrogens (tertiary/aromatic N) is 3. The second kappa shape index (κ2) is 13.5. The van der Waals surface area contributed by atoms with Crippen molar-refractivity contribution in [2.75, 3.05) is 26.1 Å². The van der Waals surface area contributed by atoms with Crippen LogP contribution in [0.4, 0.5) is 4.79 Å². The lowest BCUT2D eigenvalue weighted by Crippen LogP contribution is -2.59. The molecular weight excluding hydrogens is 613 g/mol. The van der Waals surface area contributed by atoms with Gasteiger partial charge in [0, 0.05) is 5.92 Å². The van der Waals surface area contributed by atoms with Crippen LogP contribution in [0, 0.1) is 5.92 Å². The molecule has 1 aliphatic carbocycles. The molecule has 1 aromatic heterocycles. The van der Waals surface area contributed by atoms with Gasteiger partial charge >= 0.3 is 23.5 Å².